The molecule has 4 nitrogen and oxygen atoms in total. The van der Waals surface area contributed by atoms with Crippen LogP contribution in [0.4, 0.5) is 5.69 Å². The maximum atomic E-state index is 13.3. The minimum atomic E-state index is -3.58. The van der Waals surface area contributed by atoms with Crippen LogP contribution < -0.4 is 5.32 Å². The van der Waals surface area contributed by atoms with Crippen molar-refractivity contribution in [2.24, 2.45) is 0 Å². The van der Waals surface area contributed by atoms with Gasteiger partial charge in [0, 0.05) is 6.04 Å². The van der Waals surface area contributed by atoms with Crippen LogP contribution >= 0.6 is 11.6 Å². The van der Waals surface area contributed by atoms with Crippen molar-refractivity contribution in [3.63, 3.8) is 0 Å². The highest BCUT2D eigenvalue weighted by molar-refractivity contribution is 7.92. The highest BCUT2D eigenvalue weighted by atomic mass is 35.5. The first-order chi connectivity index (χ1) is 12.9. The average molecular weight is 403 g/mol. The number of halogens is 1. The number of hydrogen-bond donors (Lipinski definition) is 1. The Hall–Kier alpha value is -2.03. The molecule has 1 N–H and O–H groups in total. The summed E-state index contributed by atoms with van der Waals surface area (Å²) in [5, 5.41) is 13.4. The molecule has 0 amide bonds. The van der Waals surface area contributed by atoms with E-state index in [1.54, 1.807) is 24.3 Å². The molecule has 27 heavy (non-hydrogen) atoms. The van der Waals surface area contributed by atoms with Crippen LogP contribution in [0.15, 0.2) is 53.4 Å². The molecule has 1 fully saturated rings. The lowest BCUT2D eigenvalue weighted by molar-refractivity contribution is 0.356. The van der Waals surface area contributed by atoms with Crippen molar-refractivity contribution in [3.05, 3.63) is 59.1 Å². The standard InChI is InChI=1S/C21H23ClN2O2S/c1-16-6-8-18(9-7-16)27(25,26)21(14-15-23)12-10-17(11-13-21)24-20-5-3-2-4-19(20)22/h2-9,17,24H,10-14H2,1H3. The van der Waals surface area contributed by atoms with Gasteiger partial charge in [-0.05, 0) is 56.9 Å². The number of benzene rings is 2. The van der Waals surface area contributed by atoms with Gasteiger partial charge in [0.15, 0.2) is 9.84 Å². The Morgan fingerprint density at radius 1 is 1.15 bits per heavy atom. The maximum Gasteiger partial charge on any atom is 0.185 e. The third-order valence-corrected chi connectivity index (χ3v) is 8.35. The summed E-state index contributed by atoms with van der Waals surface area (Å²) in [5.74, 6) is 0. The number of hydrogen-bond acceptors (Lipinski definition) is 4. The third kappa shape index (κ3) is 3.97. The fourth-order valence-electron chi connectivity index (χ4n) is 3.74. The number of para-hydroxylation sites is 1. The minimum absolute atomic E-state index is 0.0159. The fraction of sp³-hybridized carbons (Fsp3) is 0.381. The molecule has 3 rings (SSSR count). The molecule has 0 unspecified atom stereocenters. The summed E-state index contributed by atoms with van der Waals surface area (Å²) >= 11 is 6.21. The van der Waals surface area contributed by atoms with Gasteiger partial charge in [0.1, 0.15) is 0 Å². The molecule has 0 saturated heterocycles. The first-order valence-electron chi connectivity index (χ1n) is 9.07. The van der Waals surface area contributed by atoms with Crippen LogP contribution in [-0.2, 0) is 9.84 Å². The zero-order valence-corrected chi connectivity index (χ0v) is 16.9. The topological polar surface area (TPSA) is 70.0 Å². The van der Waals surface area contributed by atoms with E-state index < -0.39 is 14.6 Å². The summed E-state index contributed by atoms with van der Waals surface area (Å²) in [6.07, 6.45) is 2.29. The molecule has 0 radical (unpaired) electrons. The molecule has 0 heterocycles. The number of nitrogens with zero attached hydrogens (tertiary/aromatic N) is 1. The normalized spacial score (nSPS) is 22.8. The van der Waals surface area contributed by atoms with Crippen LogP contribution in [0.2, 0.25) is 5.02 Å². The van der Waals surface area contributed by atoms with Gasteiger partial charge >= 0.3 is 0 Å². The van der Waals surface area contributed by atoms with E-state index in [1.807, 2.05) is 31.2 Å². The van der Waals surface area contributed by atoms with Crippen molar-refractivity contribution >= 4 is 27.1 Å². The Kier molecular flexibility index (Phi) is 5.78. The zero-order valence-electron chi connectivity index (χ0n) is 15.3. The van der Waals surface area contributed by atoms with Crippen molar-refractivity contribution in [2.75, 3.05) is 5.32 Å². The van der Waals surface area contributed by atoms with Gasteiger partial charge in [0.25, 0.3) is 0 Å². The van der Waals surface area contributed by atoms with Crippen LogP contribution in [0.1, 0.15) is 37.7 Å². The predicted molar refractivity (Wildman–Crippen MR) is 109 cm³/mol. The maximum absolute atomic E-state index is 13.3. The Labute approximate surface area is 166 Å². The molecule has 142 valence electrons. The van der Waals surface area contributed by atoms with Crippen molar-refractivity contribution in [2.45, 2.75) is 54.7 Å². The van der Waals surface area contributed by atoms with E-state index in [2.05, 4.69) is 11.4 Å². The summed E-state index contributed by atoms with van der Waals surface area (Å²) < 4.78 is 25.7. The average Bonchev–Trinajstić information content (AvgIpc) is 2.66. The molecular formula is C21H23ClN2O2S. The van der Waals surface area contributed by atoms with E-state index in [0.29, 0.717) is 35.6 Å². The van der Waals surface area contributed by atoms with Gasteiger partial charge in [-0.2, -0.15) is 5.26 Å². The van der Waals surface area contributed by atoms with Crippen molar-refractivity contribution in [1.82, 2.24) is 0 Å². The zero-order chi connectivity index (χ0) is 19.5. The molecule has 0 bridgehead atoms. The van der Waals surface area contributed by atoms with Crippen LogP contribution in [0.3, 0.4) is 0 Å². The Morgan fingerprint density at radius 3 is 2.37 bits per heavy atom. The van der Waals surface area contributed by atoms with Crippen LogP contribution in [0, 0.1) is 18.3 Å². The van der Waals surface area contributed by atoms with E-state index in [-0.39, 0.29) is 12.5 Å². The van der Waals surface area contributed by atoms with Gasteiger partial charge in [-0.25, -0.2) is 8.42 Å². The van der Waals surface area contributed by atoms with E-state index in [1.165, 1.54) is 0 Å². The number of nitrogens with one attached hydrogen (secondary N) is 1. The van der Waals surface area contributed by atoms with E-state index >= 15 is 0 Å². The monoisotopic (exact) mass is 402 g/mol. The molecule has 2 aromatic rings. The summed E-state index contributed by atoms with van der Waals surface area (Å²) in [5.41, 5.74) is 1.87. The van der Waals surface area contributed by atoms with Gasteiger partial charge in [0.05, 0.1) is 32.8 Å². The second-order valence-corrected chi connectivity index (χ2v) is 9.98. The lowest BCUT2D eigenvalue weighted by Crippen LogP contribution is -2.44. The summed E-state index contributed by atoms with van der Waals surface area (Å²) in [6, 6.07) is 16.7. The lowest BCUT2D eigenvalue weighted by Gasteiger charge is -2.38. The van der Waals surface area contributed by atoms with Crippen molar-refractivity contribution < 1.29 is 8.42 Å². The van der Waals surface area contributed by atoms with Gasteiger partial charge in [-0.1, -0.05) is 41.4 Å². The molecule has 0 aliphatic heterocycles. The highest BCUT2D eigenvalue weighted by Crippen LogP contribution is 2.42. The summed E-state index contributed by atoms with van der Waals surface area (Å²) in [7, 11) is -3.58. The molecule has 0 atom stereocenters. The molecule has 1 aliphatic carbocycles. The number of sulfone groups is 1. The number of aryl methyl sites for hydroxylation is 1. The number of anilines is 1. The quantitative estimate of drug-likeness (QED) is 0.752. The number of rotatable bonds is 5. The van der Waals surface area contributed by atoms with Gasteiger partial charge in [0.2, 0.25) is 0 Å². The van der Waals surface area contributed by atoms with Gasteiger partial charge in [-0.3, -0.25) is 0 Å². The first kappa shape index (κ1) is 19.7. The fourth-order valence-corrected chi connectivity index (χ4v) is 5.95. The van der Waals surface area contributed by atoms with E-state index in [0.717, 1.165) is 11.3 Å². The molecule has 6 heteroatoms. The lowest BCUT2D eigenvalue weighted by atomic mass is 9.83. The summed E-state index contributed by atoms with van der Waals surface area (Å²) in [4.78, 5) is 0.306. The SMILES string of the molecule is Cc1ccc(S(=O)(=O)C2(CC#N)CCC(Nc3ccccc3Cl)CC2)cc1. The molecule has 2 aromatic carbocycles. The Balaban J connectivity index is 1.80. The molecule has 1 aliphatic rings. The number of nitriles is 1. The highest BCUT2D eigenvalue weighted by Gasteiger charge is 2.47. The molecule has 0 spiro atoms. The largest absolute Gasteiger partial charge is 0.381 e. The second kappa shape index (κ2) is 7.92. The van der Waals surface area contributed by atoms with E-state index in [9.17, 15) is 13.7 Å². The van der Waals surface area contributed by atoms with Crippen LogP contribution in [0.5, 0.6) is 0 Å². The van der Waals surface area contributed by atoms with Crippen molar-refractivity contribution in [3.8, 4) is 6.07 Å². The summed E-state index contributed by atoms with van der Waals surface area (Å²) in [6.45, 7) is 1.92. The minimum Gasteiger partial charge on any atom is -0.381 e. The van der Waals surface area contributed by atoms with Crippen LogP contribution in [0.25, 0.3) is 0 Å². The molecule has 0 aromatic heterocycles. The molecular weight excluding hydrogens is 380 g/mol. The van der Waals surface area contributed by atoms with Gasteiger partial charge < -0.3 is 5.32 Å². The smallest absolute Gasteiger partial charge is 0.185 e. The van der Waals surface area contributed by atoms with Crippen molar-refractivity contribution in [1.29, 1.82) is 5.26 Å². The predicted octanol–water partition coefficient (Wildman–Crippen LogP) is 5.13. The third-order valence-electron chi connectivity index (χ3n) is 5.43. The Bertz CT molecular complexity index is 941. The second-order valence-electron chi connectivity index (χ2n) is 7.23. The van der Waals surface area contributed by atoms with Crippen LogP contribution in [-0.4, -0.2) is 19.2 Å². The van der Waals surface area contributed by atoms with Gasteiger partial charge in [-0.15, -0.1) is 0 Å². The van der Waals surface area contributed by atoms with E-state index in [4.69, 9.17) is 11.6 Å². The first-order valence-corrected chi connectivity index (χ1v) is 10.9. The Morgan fingerprint density at radius 2 is 1.78 bits per heavy atom. The molecule has 1 saturated carbocycles.